The summed E-state index contributed by atoms with van der Waals surface area (Å²) in [5, 5.41) is 13.3. The van der Waals surface area contributed by atoms with Gasteiger partial charge in [-0.1, -0.05) is 40.2 Å². The van der Waals surface area contributed by atoms with Crippen molar-refractivity contribution in [2.24, 2.45) is 0 Å². The summed E-state index contributed by atoms with van der Waals surface area (Å²) >= 11 is 3.40. The van der Waals surface area contributed by atoms with Crippen molar-refractivity contribution in [1.29, 1.82) is 0 Å². The Morgan fingerprint density at radius 2 is 1.85 bits per heavy atom. The van der Waals surface area contributed by atoms with E-state index in [0.717, 1.165) is 16.1 Å². The zero-order valence-corrected chi connectivity index (χ0v) is 22.3. The minimum absolute atomic E-state index is 0.0493. The van der Waals surface area contributed by atoms with Gasteiger partial charge >= 0.3 is 6.03 Å². The van der Waals surface area contributed by atoms with Gasteiger partial charge in [-0.15, -0.1) is 6.58 Å². The van der Waals surface area contributed by atoms with Gasteiger partial charge in [0.2, 0.25) is 0 Å². The number of halogens is 1. The molecule has 1 heterocycles. The highest BCUT2D eigenvalue weighted by atomic mass is 79.9. The van der Waals surface area contributed by atoms with E-state index in [1.165, 1.54) is 31.4 Å². The third kappa shape index (κ3) is 6.04. The Hall–Kier alpha value is -4.77. The van der Waals surface area contributed by atoms with Crippen LogP contribution in [-0.4, -0.2) is 29.9 Å². The molecule has 0 unspecified atom stereocenters. The Labute approximate surface area is 231 Å². The van der Waals surface area contributed by atoms with E-state index >= 15 is 0 Å². The van der Waals surface area contributed by atoms with Gasteiger partial charge in [0.1, 0.15) is 12.2 Å². The lowest BCUT2D eigenvalue weighted by Crippen LogP contribution is -2.54. The minimum atomic E-state index is -1.01. The lowest BCUT2D eigenvalue weighted by molar-refractivity contribution is -0.384. The largest absolute Gasteiger partial charge is 0.493 e. The Morgan fingerprint density at radius 3 is 2.51 bits per heavy atom. The second-order valence-electron chi connectivity index (χ2n) is 8.35. The van der Waals surface area contributed by atoms with Gasteiger partial charge in [-0.2, -0.15) is 0 Å². The molecule has 1 fully saturated rings. The molecule has 1 aliphatic rings. The molecule has 11 heteroatoms. The summed E-state index contributed by atoms with van der Waals surface area (Å²) in [6.45, 7) is 4.07. The fourth-order valence-electron chi connectivity index (χ4n) is 3.93. The number of nitrogens with zero attached hydrogens (tertiary/aromatic N) is 2. The van der Waals surface area contributed by atoms with Crippen LogP contribution in [0, 0.1) is 10.1 Å². The number of benzene rings is 3. The van der Waals surface area contributed by atoms with Crippen LogP contribution in [0.4, 0.5) is 16.2 Å². The number of hydrogen-bond acceptors (Lipinski definition) is 7. The highest BCUT2D eigenvalue weighted by Crippen LogP contribution is 2.35. The molecule has 0 spiro atoms. The molecule has 0 radical (unpaired) electrons. The summed E-state index contributed by atoms with van der Waals surface area (Å²) in [6.07, 6.45) is 3.41. The van der Waals surface area contributed by atoms with E-state index in [4.69, 9.17) is 9.47 Å². The second kappa shape index (κ2) is 11.7. The fourth-order valence-corrected chi connectivity index (χ4v) is 4.19. The number of barbiturate groups is 1. The maximum atomic E-state index is 13.3. The van der Waals surface area contributed by atoms with Crippen LogP contribution in [0.15, 0.2) is 83.4 Å². The molecule has 10 nitrogen and oxygen atoms in total. The molecule has 198 valence electrons. The van der Waals surface area contributed by atoms with Gasteiger partial charge in [0.05, 0.1) is 17.7 Å². The van der Waals surface area contributed by atoms with Crippen molar-refractivity contribution in [1.82, 2.24) is 5.32 Å². The fraction of sp³-hybridized carbons (Fsp3) is 0.107. The number of amides is 4. The van der Waals surface area contributed by atoms with E-state index in [-0.39, 0.29) is 23.6 Å². The number of imide groups is 2. The first-order valence-corrected chi connectivity index (χ1v) is 12.4. The number of non-ortho nitro benzene ring substituents is 1. The van der Waals surface area contributed by atoms with Crippen LogP contribution in [0.1, 0.15) is 16.7 Å². The summed E-state index contributed by atoms with van der Waals surface area (Å²) in [4.78, 5) is 49.7. The number of hydrogen-bond donors (Lipinski definition) is 1. The van der Waals surface area contributed by atoms with Gasteiger partial charge in [0.15, 0.2) is 11.5 Å². The van der Waals surface area contributed by atoms with E-state index in [0.29, 0.717) is 33.9 Å². The first-order chi connectivity index (χ1) is 18.7. The van der Waals surface area contributed by atoms with Crippen LogP contribution in [0.3, 0.4) is 0 Å². The molecule has 39 heavy (non-hydrogen) atoms. The SMILES string of the molecule is C=CCc1cc(/C=C2\C(=O)NC(=O)N(c3cccc([N+](=O)[O-])c3)C2=O)cc(OC)c1OCc1ccc(Br)cc1. The Morgan fingerprint density at radius 1 is 1.10 bits per heavy atom. The number of carbonyl (C=O) groups excluding carboxylic acids is 3. The van der Waals surface area contributed by atoms with E-state index in [9.17, 15) is 24.5 Å². The maximum absolute atomic E-state index is 13.3. The molecule has 0 bridgehead atoms. The number of rotatable bonds is 9. The van der Waals surface area contributed by atoms with Crippen molar-refractivity contribution < 1.29 is 28.8 Å². The molecule has 4 rings (SSSR count). The van der Waals surface area contributed by atoms with Gasteiger partial charge in [0, 0.05) is 22.2 Å². The molecule has 3 aromatic carbocycles. The molecule has 3 aromatic rings. The van der Waals surface area contributed by atoms with Gasteiger partial charge in [0.25, 0.3) is 17.5 Å². The molecule has 4 amide bonds. The summed E-state index contributed by atoms with van der Waals surface area (Å²) < 4.78 is 12.6. The summed E-state index contributed by atoms with van der Waals surface area (Å²) in [5.41, 5.74) is 1.37. The number of nitro groups is 1. The zero-order valence-electron chi connectivity index (χ0n) is 20.7. The van der Waals surface area contributed by atoms with Crippen LogP contribution in [-0.2, 0) is 22.6 Å². The average molecular weight is 592 g/mol. The van der Waals surface area contributed by atoms with Crippen LogP contribution >= 0.6 is 15.9 Å². The summed E-state index contributed by atoms with van der Waals surface area (Å²) in [6, 6.07) is 15.0. The van der Waals surface area contributed by atoms with Gasteiger partial charge in [-0.25, -0.2) is 9.69 Å². The Bertz CT molecular complexity index is 1520. The van der Waals surface area contributed by atoms with Crippen molar-refractivity contribution in [2.45, 2.75) is 13.0 Å². The van der Waals surface area contributed by atoms with E-state index < -0.39 is 22.8 Å². The third-order valence-electron chi connectivity index (χ3n) is 5.75. The molecule has 0 aromatic heterocycles. The zero-order chi connectivity index (χ0) is 28.1. The molecular weight excluding hydrogens is 570 g/mol. The van der Waals surface area contributed by atoms with Crippen molar-refractivity contribution in [3.05, 3.63) is 110 Å². The number of allylic oxidation sites excluding steroid dienone is 1. The molecule has 0 aliphatic carbocycles. The number of carbonyl (C=O) groups is 3. The Kier molecular flexibility index (Phi) is 8.21. The first kappa shape index (κ1) is 27.3. The number of urea groups is 1. The standard InChI is InChI=1S/C28H22BrN3O7/c1-3-5-19-12-18(14-24(38-2)25(19)39-16-17-8-10-20(29)11-9-17)13-23-26(33)30-28(35)31(27(23)34)21-6-4-7-22(15-21)32(36)37/h3-4,6-15H,1,5,16H2,2H3,(H,30,33,35)/b23-13+. The monoisotopic (exact) mass is 591 g/mol. The maximum Gasteiger partial charge on any atom is 0.335 e. The van der Waals surface area contributed by atoms with Gasteiger partial charge in [-0.3, -0.25) is 25.0 Å². The van der Waals surface area contributed by atoms with Gasteiger partial charge in [-0.05, 0) is 54.0 Å². The second-order valence-corrected chi connectivity index (χ2v) is 9.27. The molecule has 1 saturated heterocycles. The van der Waals surface area contributed by atoms with E-state index in [1.54, 1.807) is 18.2 Å². The number of nitrogens with one attached hydrogen (secondary N) is 1. The topological polar surface area (TPSA) is 128 Å². The van der Waals surface area contributed by atoms with Crippen LogP contribution in [0.5, 0.6) is 11.5 Å². The van der Waals surface area contributed by atoms with Crippen molar-refractivity contribution in [3.8, 4) is 11.5 Å². The quantitative estimate of drug-likeness (QED) is 0.117. The van der Waals surface area contributed by atoms with Crippen LogP contribution < -0.4 is 19.7 Å². The predicted molar refractivity (Wildman–Crippen MR) is 147 cm³/mol. The van der Waals surface area contributed by atoms with Crippen molar-refractivity contribution in [2.75, 3.05) is 12.0 Å². The van der Waals surface area contributed by atoms with Crippen molar-refractivity contribution in [3.63, 3.8) is 0 Å². The highest BCUT2D eigenvalue weighted by molar-refractivity contribution is 9.10. The summed E-state index contributed by atoms with van der Waals surface area (Å²) in [7, 11) is 1.47. The molecule has 1 aliphatic heterocycles. The average Bonchev–Trinajstić information content (AvgIpc) is 2.91. The molecular formula is C28H22BrN3O7. The van der Waals surface area contributed by atoms with Crippen LogP contribution in [0.2, 0.25) is 0 Å². The highest BCUT2D eigenvalue weighted by Gasteiger charge is 2.37. The lowest BCUT2D eigenvalue weighted by atomic mass is 10.0. The van der Waals surface area contributed by atoms with E-state index in [1.807, 2.05) is 24.3 Å². The van der Waals surface area contributed by atoms with Gasteiger partial charge < -0.3 is 9.47 Å². The molecule has 1 N–H and O–H groups in total. The molecule has 0 saturated carbocycles. The number of methoxy groups -OCH3 is 1. The lowest BCUT2D eigenvalue weighted by Gasteiger charge is -2.26. The molecule has 0 atom stereocenters. The third-order valence-corrected chi connectivity index (χ3v) is 6.27. The number of anilines is 1. The number of ether oxygens (including phenoxy) is 2. The van der Waals surface area contributed by atoms with E-state index in [2.05, 4.69) is 27.8 Å². The Balaban J connectivity index is 1.70. The minimum Gasteiger partial charge on any atom is -0.493 e. The van der Waals surface area contributed by atoms with Crippen LogP contribution in [0.25, 0.3) is 6.08 Å². The number of nitro benzene ring substituents is 1. The van der Waals surface area contributed by atoms with Crippen molar-refractivity contribution >= 4 is 51.2 Å². The predicted octanol–water partition coefficient (Wildman–Crippen LogP) is 5.34. The normalized spacial score (nSPS) is 14.3. The smallest absolute Gasteiger partial charge is 0.335 e. The summed E-state index contributed by atoms with van der Waals surface area (Å²) in [5.74, 6) is -0.973. The first-order valence-electron chi connectivity index (χ1n) is 11.6.